The highest BCUT2D eigenvalue weighted by Crippen LogP contribution is 2.23. The number of carbonyl (C=O) groups is 1. The van der Waals surface area contributed by atoms with Gasteiger partial charge in [0.1, 0.15) is 5.60 Å². The number of likely N-dealkylation sites (tertiary alicyclic amines) is 1. The van der Waals surface area contributed by atoms with Gasteiger partial charge < -0.3 is 14.2 Å². The van der Waals surface area contributed by atoms with Crippen molar-refractivity contribution in [2.24, 2.45) is 5.92 Å². The summed E-state index contributed by atoms with van der Waals surface area (Å²) in [6.07, 6.45) is 5.76. The number of carbonyl (C=O) groups excluding carboxylic acids is 1. The summed E-state index contributed by atoms with van der Waals surface area (Å²) in [6, 6.07) is 3.69. The standard InChI is InChI=1S/C18H24N4O3/c1-18(2,3)24-17(23)22-10-6-13(7-11-22)12-15-20-16(25-21-15)14-4-8-19-9-5-14/h4-5,8-9,13H,6-7,10-12H2,1-3H3. The Kier molecular flexibility index (Phi) is 5.01. The largest absolute Gasteiger partial charge is 0.444 e. The number of piperidine rings is 1. The molecule has 0 saturated carbocycles. The number of ether oxygens (including phenoxy) is 1. The van der Waals surface area contributed by atoms with Crippen LogP contribution in [-0.2, 0) is 11.2 Å². The van der Waals surface area contributed by atoms with Gasteiger partial charge in [0.25, 0.3) is 5.89 Å². The molecule has 0 radical (unpaired) electrons. The van der Waals surface area contributed by atoms with Crippen molar-refractivity contribution in [3.05, 3.63) is 30.4 Å². The molecule has 0 unspecified atom stereocenters. The SMILES string of the molecule is CC(C)(C)OC(=O)N1CCC(Cc2noc(-c3ccncc3)n2)CC1. The van der Waals surface area contributed by atoms with E-state index in [-0.39, 0.29) is 6.09 Å². The molecule has 1 amide bonds. The van der Waals surface area contributed by atoms with E-state index < -0.39 is 5.60 Å². The zero-order valence-corrected chi connectivity index (χ0v) is 14.9. The van der Waals surface area contributed by atoms with E-state index in [2.05, 4.69) is 15.1 Å². The lowest BCUT2D eigenvalue weighted by molar-refractivity contribution is 0.0183. The van der Waals surface area contributed by atoms with Crippen LogP contribution in [0.2, 0.25) is 0 Å². The van der Waals surface area contributed by atoms with Crippen LogP contribution in [0.3, 0.4) is 0 Å². The Morgan fingerprint density at radius 3 is 2.60 bits per heavy atom. The summed E-state index contributed by atoms with van der Waals surface area (Å²) in [5.74, 6) is 1.67. The minimum atomic E-state index is -0.456. The fraction of sp³-hybridized carbons (Fsp3) is 0.556. The van der Waals surface area contributed by atoms with Gasteiger partial charge in [0.05, 0.1) is 0 Å². The van der Waals surface area contributed by atoms with Gasteiger partial charge in [-0.05, 0) is 51.7 Å². The van der Waals surface area contributed by atoms with Crippen molar-refractivity contribution < 1.29 is 14.1 Å². The van der Waals surface area contributed by atoms with E-state index in [0.29, 0.717) is 30.7 Å². The van der Waals surface area contributed by atoms with Gasteiger partial charge in [0, 0.05) is 37.5 Å². The van der Waals surface area contributed by atoms with E-state index >= 15 is 0 Å². The Labute approximate surface area is 147 Å². The van der Waals surface area contributed by atoms with E-state index in [9.17, 15) is 4.79 Å². The third-order valence-electron chi connectivity index (χ3n) is 4.13. The highest BCUT2D eigenvalue weighted by Gasteiger charge is 2.27. The van der Waals surface area contributed by atoms with Crippen LogP contribution in [-0.4, -0.2) is 44.8 Å². The van der Waals surface area contributed by atoms with Crippen molar-refractivity contribution >= 4 is 6.09 Å². The van der Waals surface area contributed by atoms with E-state index in [1.165, 1.54) is 0 Å². The minimum Gasteiger partial charge on any atom is -0.444 e. The predicted octanol–water partition coefficient (Wildman–Crippen LogP) is 3.32. The van der Waals surface area contributed by atoms with Crippen LogP contribution >= 0.6 is 0 Å². The first-order chi connectivity index (χ1) is 11.9. The Hall–Kier alpha value is -2.44. The van der Waals surface area contributed by atoms with Crippen molar-refractivity contribution in [1.82, 2.24) is 20.0 Å². The quantitative estimate of drug-likeness (QED) is 0.849. The molecule has 0 atom stereocenters. The Bertz CT molecular complexity index is 701. The van der Waals surface area contributed by atoms with Crippen LogP contribution in [0.15, 0.2) is 29.0 Å². The number of amides is 1. The topological polar surface area (TPSA) is 81.4 Å². The molecule has 0 aliphatic carbocycles. The molecule has 134 valence electrons. The fourth-order valence-electron chi connectivity index (χ4n) is 2.85. The molecule has 1 aliphatic heterocycles. The first kappa shape index (κ1) is 17.4. The number of hydrogen-bond donors (Lipinski definition) is 0. The van der Waals surface area contributed by atoms with Crippen LogP contribution in [0.1, 0.15) is 39.4 Å². The van der Waals surface area contributed by atoms with Crippen LogP contribution in [0.4, 0.5) is 4.79 Å². The molecule has 1 saturated heterocycles. The smallest absolute Gasteiger partial charge is 0.410 e. The zero-order valence-electron chi connectivity index (χ0n) is 14.9. The molecule has 3 heterocycles. The molecule has 7 heteroatoms. The molecule has 25 heavy (non-hydrogen) atoms. The molecule has 1 aliphatic rings. The zero-order chi connectivity index (χ0) is 17.9. The molecular formula is C18H24N4O3. The number of rotatable bonds is 3. The second-order valence-electron chi connectivity index (χ2n) is 7.37. The molecule has 2 aromatic rings. The van der Waals surface area contributed by atoms with Crippen LogP contribution in [0.5, 0.6) is 0 Å². The van der Waals surface area contributed by atoms with Gasteiger partial charge in [-0.2, -0.15) is 4.98 Å². The van der Waals surface area contributed by atoms with Crippen molar-refractivity contribution in [1.29, 1.82) is 0 Å². The molecule has 7 nitrogen and oxygen atoms in total. The average molecular weight is 344 g/mol. The average Bonchev–Trinajstić information content (AvgIpc) is 3.03. The van der Waals surface area contributed by atoms with E-state index in [0.717, 1.165) is 24.8 Å². The predicted molar refractivity (Wildman–Crippen MR) is 91.8 cm³/mol. The molecular weight excluding hydrogens is 320 g/mol. The van der Waals surface area contributed by atoms with E-state index in [1.54, 1.807) is 17.3 Å². The third kappa shape index (κ3) is 4.78. The molecule has 2 aromatic heterocycles. The van der Waals surface area contributed by atoms with Gasteiger partial charge in [-0.15, -0.1) is 0 Å². The second-order valence-corrected chi connectivity index (χ2v) is 7.37. The maximum Gasteiger partial charge on any atom is 0.410 e. The number of pyridine rings is 1. The molecule has 3 rings (SSSR count). The Morgan fingerprint density at radius 2 is 1.96 bits per heavy atom. The maximum absolute atomic E-state index is 12.1. The van der Waals surface area contributed by atoms with Crippen molar-refractivity contribution in [2.45, 2.75) is 45.6 Å². The van der Waals surface area contributed by atoms with Gasteiger partial charge in [0.15, 0.2) is 5.82 Å². The monoisotopic (exact) mass is 344 g/mol. The van der Waals surface area contributed by atoms with Crippen molar-refractivity contribution in [2.75, 3.05) is 13.1 Å². The first-order valence-electron chi connectivity index (χ1n) is 8.61. The number of aromatic nitrogens is 3. The maximum atomic E-state index is 12.1. The molecule has 1 fully saturated rings. The minimum absolute atomic E-state index is 0.231. The summed E-state index contributed by atoms with van der Waals surface area (Å²) < 4.78 is 10.8. The summed E-state index contributed by atoms with van der Waals surface area (Å²) in [5.41, 5.74) is 0.413. The van der Waals surface area contributed by atoms with Crippen LogP contribution in [0.25, 0.3) is 11.5 Å². The Morgan fingerprint density at radius 1 is 1.28 bits per heavy atom. The summed E-state index contributed by atoms with van der Waals surface area (Å²) in [7, 11) is 0. The summed E-state index contributed by atoms with van der Waals surface area (Å²) >= 11 is 0. The van der Waals surface area contributed by atoms with E-state index in [4.69, 9.17) is 9.26 Å². The van der Waals surface area contributed by atoms with Crippen molar-refractivity contribution in [3.63, 3.8) is 0 Å². The van der Waals surface area contributed by atoms with E-state index in [1.807, 2.05) is 32.9 Å². The third-order valence-corrected chi connectivity index (χ3v) is 4.13. The molecule has 0 N–H and O–H groups in total. The van der Waals surface area contributed by atoms with Gasteiger partial charge in [-0.1, -0.05) is 5.16 Å². The number of hydrogen-bond acceptors (Lipinski definition) is 6. The fourth-order valence-corrected chi connectivity index (χ4v) is 2.85. The van der Waals surface area contributed by atoms with Crippen LogP contribution in [0, 0.1) is 5.92 Å². The van der Waals surface area contributed by atoms with Gasteiger partial charge in [0.2, 0.25) is 0 Å². The second kappa shape index (κ2) is 7.21. The van der Waals surface area contributed by atoms with Gasteiger partial charge in [-0.25, -0.2) is 4.79 Å². The first-order valence-corrected chi connectivity index (χ1v) is 8.61. The molecule has 0 bridgehead atoms. The lowest BCUT2D eigenvalue weighted by atomic mass is 9.93. The summed E-state index contributed by atoms with van der Waals surface area (Å²) in [5, 5.41) is 4.08. The van der Waals surface area contributed by atoms with Gasteiger partial charge in [-0.3, -0.25) is 4.98 Å². The summed E-state index contributed by atoms with van der Waals surface area (Å²) in [4.78, 5) is 22.3. The lowest BCUT2D eigenvalue weighted by Gasteiger charge is -2.33. The molecule has 0 aromatic carbocycles. The lowest BCUT2D eigenvalue weighted by Crippen LogP contribution is -2.42. The highest BCUT2D eigenvalue weighted by molar-refractivity contribution is 5.68. The normalized spacial score (nSPS) is 16.0. The van der Waals surface area contributed by atoms with Crippen LogP contribution < -0.4 is 0 Å². The van der Waals surface area contributed by atoms with Gasteiger partial charge >= 0.3 is 6.09 Å². The summed E-state index contributed by atoms with van der Waals surface area (Å²) in [6.45, 7) is 7.06. The molecule has 0 spiro atoms. The Balaban J connectivity index is 1.51. The van der Waals surface area contributed by atoms with Crippen molar-refractivity contribution in [3.8, 4) is 11.5 Å². The highest BCUT2D eigenvalue weighted by atomic mass is 16.6. The number of nitrogens with zero attached hydrogens (tertiary/aromatic N) is 4.